The Balaban J connectivity index is 2.03. The van der Waals surface area contributed by atoms with Gasteiger partial charge in [0.05, 0.1) is 4.88 Å². The lowest BCUT2D eigenvalue weighted by atomic mass is 10.1. The fraction of sp³-hybridized carbons (Fsp3) is 0. The van der Waals surface area contributed by atoms with Crippen molar-refractivity contribution in [3.63, 3.8) is 0 Å². The fourth-order valence-electron chi connectivity index (χ4n) is 2.05. The molecule has 0 aliphatic rings. The summed E-state index contributed by atoms with van der Waals surface area (Å²) in [6.45, 7) is 0. The Bertz CT molecular complexity index is 752. The van der Waals surface area contributed by atoms with Crippen molar-refractivity contribution in [2.75, 3.05) is 0 Å². The Morgan fingerprint density at radius 1 is 1.00 bits per heavy atom. The average molecular weight is 280 g/mol. The van der Waals surface area contributed by atoms with Crippen LogP contribution in [0.3, 0.4) is 0 Å². The highest BCUT2D eigenvalue weighted by atomic mass is 32.1. The van der Waals surface area contributed by atoms with Crippen LogP contribution in [0.2, 0.25) is 0 Å². The zero-order chi connectivity index (χ0) is 13.8. The van der Waals surface area contributed by atoms with Crippen LogP contribution in [0.1, 0.15) is 4.88 Å². The molecule has 0 N–H and O–H groups in total. The number of fused-ring (bicyclic) bond motifs is 1. The van der Waals surface area contributed by atoms with Gasteiger partial charge >= 0.3 is 0 Å². The highest BCUT2D eigenvalue weighted by Crippen LogP contribution is 2.30. The molecule has 0 amide bonds. The number of ether oxygens (including phenoxy) is 1. The van der Waals surface area contributed by atoms with Gasteiger partial charge in [-0.25, -0.2) is 0 Å². The van der Waals surface area contributed by atoms with E-state index in [1.54, 1.807) is 11.3 Å². The van der Waals surface area contributed by atoms with E-state index in [2.05, 4.69) is 0 Å². The highest BCUT2D eigenvalue weighted by Gasteiger charge is 2.08. The first kappa shape index (κ1) is 12.6. The lowest BCUT2D eigenvalue weighted by molar-refractivity contribution is -0.104. The summed E-state index contributed by atoms with van der Waals surface area (Å²) in [7, 11) is 0. The topological polar surface area (TPSA) is 26.3 Å². The third-order valence-corrected chi connectivity index (χ3v) is 3.84. The molecular formula is C17H12O2S. The lowest BCUT2D eigenvalue weighted by Gasteiger charge is -2.10. The molecule has 0 spiro atoms. The third kappa shape index (κ3) is 2.49. The second-order valence-electron chi connectivity index (χ2n) is 4.22. The summed E-state index contributed by atoms with van der Waals surface area (Å²) < 4.78 is 5.95. The van der Waals surface area contributed by atoms with E-state index in [0.29, 0.717) is 5.76 Å². The third-order valence-electron chi connectivity index (χ3n) is 2.95. The zero-order valence-corrected chi connectivity index (χ0v) is 11.5. The van der Waals surface area contributed by atoms with E-state index in [1.807, 2.05) is 60.0 Å². The molecule has 0 unspecified atom stereocenters. The Kier molecular flexibility index (Phi) is 3.61. The monoisotopic (exact) mass is 280 g/mol. The molecule has 0 radical (unpaired) electrons. The van der Waals surface area contributed by atoms with Gasteiger partial charge in [-0.05, 0) is 22.9 Å². The van der Waals surface area contributed by atoms with E-state index in [-0.39, 0.29) is 0 Å². The first-order valence-corrected chi connectivity index (χ1v) is 7.11. The van der Waals surface area contributed by atoms with Crippen LogP contribution in [0.25, 0.3) is 16.5 Å². The van der Waals surface area contributed by atoms with Crippen molar-refractivity contribution in [3.8, 4) is 5.75 Å². The number of rotatable bonds is 4. The maximum atomic E-state index is 10.8. The lowest BCUT2D eigenvalue weighted by Crippen LogP contribution is -1.94. The predicted molar refractivity (Wildman–Crippen MR) is 82.9 cm³/mol. The number of carbonyl (C=O) groups excluding carboxylic acids is 1. The van der Waals surface area contributed by atoms with Crippen LogP contribution in [0.4, 0.5) is 0 Å². The smallest absolute Gasteiger partial charge is 0.147 e. The van der Waals surface area contributed by atoms with E-state index >= 15 is 0 Å². The van der Waals surface area contributed by atoms with Crippen LogP contribution in [-0.2, 0) is 4.79 Å². The number of hydrogen-bond donors (Lipinski definition) is 0. The van der Waals surface area contributed by atoms with Crippen LogP contribution < -0.4 is 4.74 Å². The van der Waals surface area contributed by atoms with Crippen LogP contribution in [0.15, 0.2) is 66.1 Å². The minimum atomic E-state index is 0.575. The quantitative estimate of drug-likeness (QED) is 0.399. The summed E-state index contributed by atoms with van der Waals surface area (Å²) in [5, 5.41) is 4.10. The second kappa shape index (κ2) is 5.72. The van der Waals surface area contributed by atoms with Gasteiger partial charge in [0.2, 0.25) is 0 Å². The highest BCUT2D eigenvalue weighted by molar-refractivity contribution is 7.11. The molecule has 1 aromatic heterocycles. The van der Waals surface area contributed by atoms with E-state index in [1.165, 1.54) is 6.08 Å². The number of aldehydes is 1. The minimum absolute atomic E-state index is 0.575. The van der Waals surface area contributed by atoms with E-state index in [9.17, 15) is 4.79 Å². The van der Waals surface area contributed by atoms with Crippen molar-refractivity contribution in [1.29, 1.82) is 0 Å². The maximum Gasteiger partial charge on any atom is 0.147 e. The molecule has 3 heteroatoms. The maximum absolute atomic E-state index is 10.8. The summed E-state index contributed by atoms with van der Waals surface area (Å²) >= 11 is 1.54. The molecule has 3 aromatic rings. The predicted octanol–water partition coefficient (Wildman–Crippen LogP) is 4.52. The molecule has 0 aliphatic carbocycles. The summed E-state index contributed by atoms with van der Waals surface area (Å²) in [5.74, 6) is 1.33. The van der Waals surface area contributed by atoms with Crippen molar-refractivity contribution in [3.05, 3.63) is 70.9 Å². The van der Waals surface area contributed by atoms with Gasteiger partial charge in [0.25, 0.3) is 0 Å². The van der Waals surface area contributed by atoms with Crippen molar-refractivity contribution < 1.29 is 9.53 Å². The van der Waals surface area contributed by atoms with Crippen molar-refractivity contribution in [2.45, 2.75) is 0 Å². The molecule has 0 atom stereocenters. The van der Waals surface area contributed by atoms with Crippen molar-refractivity contribution >= 4 is 34.2 Å². The molecule has 1 heterocycles. The van der Waals surface area contributed by atoms with Gasteiger partial charge in [0.1, 0.15) is 17.8 Å². The number of allylic oxidation sites excluding steroid dienone is 1. The number of thiophene rings is 1. The first-order chi connectivity index (χ1) is 9.88. The standard InChI is InChI=1S/C17H12O2S/c18-11-10-16(17-9-4-12-20-17)19-15-8-3-6-13-5-1-2-7-14(13)15/h1-12H/b16-10+. The molecule has 3 rings (SSSR count). The molecule has 0 aliphatic heterocycles. The van der Waals surface area contributed by atoms with Crippen molar-refractivity contribution in [1.82, 2.24) is 0 Å². The minimum Gasteiger partial charge on any atom is -0.455 e. The number of carbonyl (C=O) groups is 1. The van der Waals surface area contributed by atoms with Gasteiger partial charge in [0.15, 0.2) is 0 Å². The fourth-order valence-corrected chi connectivity index (χ4v) is 2.74. The van der Waals surface area contributed by atoms with Gasteiger partial charge in [-0.15, -0.1) is 11.3 Å². The summed E-state index contributed by atoms with van der Waals surface area (Å²) in [6, 6.07) is 17.8. The van der Waals surface area contributed by atoms with Crippen molar-refractivity contribution in [2.24, 2.45) is 0 Å². The van der Waals surface area contributed by atoms with Gasteiger partial charge in [0, 0.05) is 11.5 Å². The molecule has 0 saturated carbocycles. The molecule has 98 valence electrons. The van der Waals surface area contributed by atoms with Gasteiger partial charge in [-0.1, -0.05) is 42.5 Å². The molecular weight excluding hydrogens is 268 g/mol. The Hall–Kier alpha value is -2.39. The zero-order valence-electron chi connectivity index (χ0n) is 10.7. The Morgan fingerprint density at radius 2 is 1.85 bits per heavy atom. The molecule has 20 heavy (non-hydrogen) atoms. The molecule has 0 fully saturated rings. The summed E-state index contributed by atoms with van der Waals surface area (Å²) in [5.41, 5.74) is 0. The van der Waals surface area contributed by atoms with E-state index < -0.39 is 0 Å². The van der Waals surface area contributed by atoms with Gasteiger partial charge in [-0.2, -0.15) is 0 Å². The normalized spacial score (nSPS) is 11.5. The van der Waals surface area contributed by atoms with Crippen LogP contribution in [0, 0.1) is 0 Å². The van der Waals surface area contributed by atoms with E-state index in [0.717, 1.165) is 27.7 Å². The second-order valence-corrected chi connectivity index (χ2v) is 5.17. The summed E-state index contributed by atoms with van der Waals surface area (Å²) in [4.78, 5) is 11.7. The number of benzene rings is 2. The largest absolute Gasteiger partial charge is 0.455 e. The average Bonchev–Trinajstić information content (AvgIpc) is 3.01. The van der Waals surface area contributed by atoms with E-state index in [4.69, 9.17) is 4.74 Å². The van der Waals surface area contributed by atoms with Gasteiger partial charge < -0.3 is 4.74 Å². The molecule has 2 nitrogen and oxygen atoms in total. The van der Waals surface area contributed by atoms with Crippen LogP contribution in [0.5, 0.6) is 5.75 Å². The van der Waals surface area contributed by atoms with Gasteiger partial charge in [-0.3, -0.25) is 4.79 Å². The molecule has 0 saturated heterocycles. The molecule has 2 aromatic carbocycles. The summed E-state index contributed by atoms with van der Waals surface area (Å²) in [6.07, 6.45) is 2.20. The first-order valence-electron chi connectivity index (χ1n) is 6.23. The Labute approximate surface area is 120 Å². The van der Waals surface area contributed by atoms with Crippen LogP contribution >= 0.6 is 11.3 Å². The number of hydrogen-bond acceptors (Lipinski definition) is 3. The SMILES string of the molecule is O=C/C=C(/Oc1cccc2ccccc12)c1cccs1. The Morgan fingerprint density at radius 3 is 2.65 bits per heavy atom. The molecule has 0 bridgehead atoms. The van der Waals surface area contributed by atoms with Crippen LogP contribution in [-0.4, -0.2) is 6.29 Å².